The van der Waals surface area contributed by atoms with Gasteiger partial charge in [-0.2, -0.15) is 16.9 Å². The van der Waals surface area contributed by atoms with Gasteiger partial charge in [0.05, 0.1) is 0 Å². The Kier molecular flexibility index (Phi) is 4.93. The Morgan fingerprint density at radius 3 is 3.08 bits per heavy atom. The van der Waals surface area contributed by atoms with Crippen molar-refractivity contribution in [2.45, 2.75) is 13.5 Å². The van der Waals surface area contributed by atoms with Crippen molar-refractivity contribution >= 4 is 11.8 Å². The molecular weight excluding hydrogens is 184 g/mol. The van der Waals surface area contributed by atoms with Crippen molar-refractivity contribution in [2.75, 3.05) is 18.1 Å². The maximum Gasteiger partial charge on any atom is 0.0499 e. The number of thioether (sulfide) groups is 1. The zero-order valence-corrected chi connectivity index (χ0v) is 8.70. The van der Waals surface area contributed by atoms with Crippen molar-refractivity contribution in [1.82, 2.24) is 9.78 Å². The second kappa shape index (κ2) is 6.05. The molecule has 0 spiro atoms. The summed E-state index contributed by atoms with van der Waals surface area (Å²) < 4.78 is 1.93. The predicted molar refractivity (Wildman–Crippen MR) is 55.8 cm³/mol. The lowest BCUT2D eigenvalue weighted by Crippen LogP contribution is -2.06. The number of hydrogen-bond donors (Lipinski definition) is 1. The van der Waals surface area contributed by atoms with Crippen LogP contribution in [0.15, 0.2) is 18.5 Å². The Labute approximate surface area is 83.1 Å². The summed E-state index contributed by atoms with van der Waals surface area (Å²) >= 11 is 1.86. The summed E-state index contributed by atoms with van der Waals surface area (Å²) in [4.78, 5) is 0. The summed E-state index contributed by atoms with van der Waals surface area (Å²) in [5, 5.41) is 12.9. The van der Waals surface area contributed by atoms with Crippen LogP contribution >= 0.6 is 11.8 Å². The fourth-order valence-electron chi connectivity index (χ4n) is 0.928. The van der Waals surface area contributed by atoms with E-state index < -0.39 is 0 Å². The van der Waals surface area contributed by atoms with E-state index in [2.05, 4.69) is 12.0 Å². The molecule has 0 bridgehead atoms. The molecule has 1 N–H and O–H groups in total. The summed E-state index contributed by atoms with van der Waals surface area (Å²) in [6, 6.07) is 1.93. The Bertz CT molecular complexity index is 213. The molecule has 0 saturated carbocycles. The third-order valence-corrected chi connectivity index (χ3v) is 3.01. The van der Waals surface area contributed by atoms with Crippen LogP contribution < -0.4 is 0 Å². The van der Waals surface area contributed by atoms with E-state index in [9.17, 15) is 0 Å². The van der Waals surface area contributed by atoms with Gasteiger partial charge in [0.25, 0.3) is 0 Å². The molecule has 0 radical (unpaired) electrons. The molecule has 0 aliphatic carbocycles. The molecule has 1 aromatic heterocycles. The molecule has 0 aliphatic heterocycles. The number of nitrogens with zero attached hydrogens (tertiary/aromatic N) is 2. The third kappa shape index (κ3) is 4.33. The van der Waals surface area contributed by atoms with Gasteiger partial charge >= 0.3 is 0 Å². The fourth-order valence-corrected chi connectivity index (χ4v) is 1.92. The van der Waals surface area contributed by atoms with Gasteiger partial charge in [-0.1, -0.05) is 6.92 Å². The lowest BCUT2D eigenvalue weighted by atomic mass is 10.2. The van der Waals surface area contributed by atoms with Gasteiger partial charge in [0.1, 0.15) is 0 Å². The van der Waals surface area contributed by atoms with Crippen molar-refractivity contribution in [3.05, 3.63) is 18.5 Å². The SMILES string of the molecule is CC(CO)CSCCn1cccn1. The third-order valence-electron chi connectivity index (χ3n) is 1.74. The molecule has 74 valence electrons. The highest BCUT2D eigenvalue weighted by Crippen LogP contribution is 2.07. The quantitative estimate of drug-likeness (QED) is 0.702. The van der Waals surface area contributed by atoms with Crippen LogP contribution in [-0.2, 0) is 6.54 Å². The second-order valence-corrected chi connectivity index (χ2v) is 4.28. The minimum atomic E-state index is 0.286. The predicted octanol–water partition coefficient (Wildman–Crippen LogP) is 1.24. The van der Waals surface area contributed by atoms with Gasteiger partial charge in [-0.15, -0.1) is 0 Å². The molecular formula is C9H16N2OS. The molecule has 1 unspecified atom stereocenters. The van der Waals surface area contributed by atoms with Gasteiger partial charge < -0.3 is 5.11 Å². The molecule has 4 heteroatoms. The number of aliphatic hydroxyl groups is 1. The van der Waals surface area contributed by atoms with Crippen molar-refractivity contribution in [3.8, 4) is 0 Å². The van der Waals surface area contributed by atoms with Gasteiger partial charge in [0, 0.05) is 31.3 Å². The van der Waals surface area contributed by atoms with Crippen LogP contribution in [0, 0.1) is 5.92 Å². The van der Waals surface area contributed by atoms with Gasteiger partial charge in [-0.3, -0.25) is 4.68 Å². The van der Waals surface area contributed by atoms with E-state index >= 15 is 0 Å². The molecule has 0 aromatic carbocycles. The molecule has 1 rings (SSSR count). The smallest absolute Gasteiger partial charge is 0.0499 e. The van der Waals surface area contributed by atoms with Gasteiger partial charge in [-0.25, -0.2) is 0 Å². The number of aryl methyl sites for hydroxylation is 1. The van der Waals surface area contributed by atoms with Crippen LogP contribution in [-0.4, -0.2) is 33.0 Å². The van der Waals surface area contributed by atoms with Crippen LogP contribution in [0.25, 0.3) is 0 Å². The number of aromatic nitrogens is 2. The monoisotopic (exact) mass is 200 g/mol. The van der Waals surface area contributed by atoms with E-state index in [0.29, 0.717) is 5.92 Å². The Balaban J connectivity index is 2.02. The summed E-state index contributed by atoms with van der Waals surface area (Å²) in [5.41, 5.74) is 0. The first-order valence-electron chi connectivity index (χ1n) is 4.49. The minimum Gasteiger partial charge on any atom is -0.396 e. The Morgan fingerprint density at radius 1 is 1.62 bits per heavy atom. The second-order valence-electron chi connectivity index (χ2n) is 3.13. The number of aliphatic hydroxyl groups excluding tert-OH is 1. The van der Waals surface area contributed by atoms with Crippen molar-refractivity contribution < 1.29 is 5.11 Å². The molecule has 0 aliphatic rings. The van der Waals surface area contributed by atoms with Gasteiger partial charge in [-0.05, 0) is 17.7 Å². The standard InChI is InChI=1S/C9H16N2OS/c1-9(7-12)8-13-6-5-11-4-2-3-10-11/h2-4,9,12H,5-8H2,1H3. The van der Waals surface area contributed by atoms with Crippen LogP contribution in [0.1, 0.15) is 6.92 Å². The van der Waals surface area contributed by atoms with E-state index in [1.165, 1.54) is 0 Å². The van der Waals surface area contributed by atoms with Crippen LogP contribution in [0.4, 0.5) is 0 Å². The van der Waals surface area contributed by atoms with E-state index in [1.807, 2.05) is 28.7 Å². The van der Waals surface area contributed by atoms with Gasteiger partial charge in [0.15, 0.2) is 0 Å². The first-order valence-corrected chi connectivity index (χ1v) is 5.64. The molecule has 1 aromatic rings. The fraction of sp³-hybridized carbons (Fsp3) is 0.667. The average molecular weight is 200 g/mol. The Hall–Kier alpha value is -0.480. The highest BCUT2D eigenvalue weighted by atomic mass is 32.2. The minimum absolute atomic E-state index is 0.286. The maximum absolute atomic E-state index is 8.79. The molecule has 1 heterocycles. The highest BCUT2D eigenvalue weighted by molar-refractivity contribution is 7.99. The van der Waals surface area contributed by atoms with Crippen LogP contribution in [0.5, 0.6) is 0 Å². The zero-order chi connectivity index (χ0) is 9.52. The Morgan fingerprint density at radius 2 is 2.46 bits per heavy atom. The van der Waals surface area contributed by atoms with Crippen molar-refractivity contribution in [1.29, 1.82) is 0 Å². The van der Waals surface area contributed by atoms with Crippen molar-refractivity contribution in [3.63, 3.8) is 0 Å². The normalized spacial score (nSPS) is 13.1. The molecule has 0 saturated heterocycles. The number of hydrogen-bond acceptors (Lipinski definition) is 3. The number of rotatable bonds is 6. The van der Waals surface area contributed by atoms with E-state index in [4.69, 9.17) is 5.11 Å². The average Bonchev–Trinajstić information content (AvgIpc) is 2.64. The summed E-state index contributed by atoms with van der Waals surface area (Å²) in [6.45, 7) is 3.30. The molecule has 3 nitrogen and oxygen atoms in total. The molecule has 1 atom stereocenters. The topological polar surface area (TPSA) is 38.0 Å². The summed E-state index contributed by atoms with van der Waals surface area (Å²) in [5.74, 6) is 2.49. The van der Waals surface area contributed by atoms with E-state index in [1.54, 1.807) is 6.20 Å². The van der Waals surface area contributed by atoms with E-state index in [-0.39, 0.29) is 6.61 Å². The first-order chi connectivity index (χ1) is 6.33. The lowest BCUT2D eigenvalue weighted by Gasteiger charge is -2.06. The van der Waals surface area contributed by atoms with Crippen molar-refractivity contribution in [2.24, 2.45) is 5.92 Å². The zero-order valence-electron chi connectivity index (χ0n) is 7.89. The molecule has 0 fully saturated rings. The van der Waals surface area contributed by atoms with Crippen LogP contribution in [0.2, 0.25) is 0 Å². The first kappa shape index (κ1) is 10.6. The summed E-state index contributed by atoms with van der Waals surface area (Å²) in [6.07, 6.45) is 3.76. The van der Waals surface area contributed by atoms with Gasteiger partial charge in [0.2, 0.25) is 0 Å². The largest absolute Gasteiger partial charge is 0.396 e. The molecule has 13 heavy (non-hydrogen) atoms. The summed E-state index contributed by atoms with van der Waals surface area (Å²) in [7, 11) is 0. The lowest BCUT2D eigenvalue weighted by molar-refractivity contribution is 0.250. The van der Waals surface area contributed by atoms with Crippen LogP contribution in [0.3, 0.4) is 0 Å². The highest BCUT2D eigenvalue weighted by Gasteiger charge is 1.99. The maximum atomic E-state index is 8.79. The van der Waals surface area contributed by atoms with E-state index in [0.717, 1.165) is 18.1 Å². The molecule has 0 amide bonds.